The predicted molar refractivity (Wildman–Crippen MR) is 286 cm³/mol. The van der Waals surface area contributed by atoms with Crippen LogP contribution >= 0.6 is 11.3 Å². The molecule has 3 saturated carbocycles. The summed E-state index contributed by atoms with van der Waals surface area (Å²) in [5.41, 5.74) is 22.6. The molecular weight excluding hydrogens is 816 g/mol. The molecule has 5 aromatic carbocycles. The summed E-state index contributed by atoms with van der Waals surface area (Å²) in [7, 11) is 0. The summed E-state index contributed by atoms with van der Waals surface area (Å²) >= 11 is 2.08. The van der Waals surface area contributed by atoms with Gasteiger partial charge in [0.2, 0.25) is 0 Å². The van der Waals surface area contributed by atoms with Crippen LogP contribution in [0.5, 0.6) is 0 Å². The van der Waals surface area contributed by atoms with Crippen molar-refractivity contribution in [3.8, 4) is 11.1 Å². The maximum atomic E-state index is 2.96. The van der Waals surface area contributed by atoms with Crippen LogP contribution in [-0.2, 0) is 27.1 Å². The lowest BCUT2D eigenvalue weighted by Gasteiger charge is -2.53. The van der Waals surface area contributed by atoms with Crippen LogP contribution in [0.2, 0.25) is 0 Å². The average molecular weight is 887 g/mol. The first-order valence-electron chi connectivity index (χ1n) is 25.8. The van der Waals surface area contributed by atoms with E-state index in [-0.39, 0.29) is 50.2 Å². The van der Waals surface area contributed by atoms with Crippen LogP contribution in [0.15, 0.2) is 84.9 Å². The topological polar surface area (TPSA) is 6.48 Å². The molecule has 0 amide bonds. The molecule has 7 aliphatic rings. The lowest BCUT2D eigenvalue weighted by Crippen LogP contribution is -2.64. The normalized spacial score (nSPS) is 28.5. The molecule has 2 nitrogen and oxygen atoms in total. The molecule has 66 heavy (non-hydrogen) atoms. The Labute approximate surface area is 400 Å². The maximum absolute atomic E-state index is 2.96. The van der Waals surface area contributed by atoms with Gasteiger partial charge in [0.25, 0.3) is 6.71 Å². The van der Waals surface area contributed by atoms with E-state index in [1.165, 1.54) is 127 Å². The van der Waals surface area contributed by atoms with Gasteiger partial charge in [-0.2, -0.15) is 0 Å². The third-order valence-corrected chi connectivity index (χ3v) is 21.8. The molecule has 4 aliphatic carbocycles. The molecular formula is C62H71BN2S. The minimum atomic E-state index is -0.0582. The van der Waals surface area contributed by atoms with E-state index in [0.717, 1.165) is 5.92 Å². The number of hydrogen-bond acceptors (Lipinski definition) is 3. The molecule has 4 heteroatoms. The second kappa shape index (κ2) is 12.5. The quantitative estimate of drug-likeness (QED) is 0.152. The zero-order valence-electron chi connectivity index (χ0n) is 42.5. The summed E-state index contributed by atoms with van der Waals surface area (Å²) in [5, 5.41) is 1.40. The second-order valence-electron chi connectivity index (χ2n) is 26.7. The van der Waals surface area contributed by atoms with Crippen LogP contribution < -0.4 is 25.5 Å². The largest absolute Gasteiger partial charge is 0.335 e. The van der Waals surface area contributed by atoms with E-state index in [1.54, 1.807) is 16.7 Å². The number of hydrogen-bond donors (Lipinski definition) is 0. The summed E-state index contributed by atoms with van der Waals surface area (Å²) in [6, 6.07) is 35.4. The summed E-state index contributed by atoms with van der Waals surface area (Å²) in [6.45, 7) is 35.1. The van der Waals surface area contributed by atoms with Crippen molar-refractivity contribution in [1.29, 1.82) is 0 Å². The first-order valence-corrected chi connectivity index (χ1v) is 26.6. The molecule has 2 bridgehead atoms. The molecule has 1 spiro atoms. The monoisotopic (exact) mass is 887 g/mol. The molecule has 6 aromatic rings. The smallest absolute Gasteiger partial charge is 0.264 e. The molecule has 3 aliphatic heterocycles. The van der Waals surface area contributed by atoms with E-state index in [9.17, 15) is 0 Å². The SMILES string of the molecule is CC(C)(C)c1cc2c3c(c1)N1c4c(cc(C(C)(C)C)cc4C4(C)CCCCC14C)B3c1sc3ccc(C(C)(C)C)cc3c1N2c1cccc2c1-c1ccccc1C21CC2CCC1(C)C2(C)C. The molecule has 338 valence electrons. The van der Waals surface area contributed by atoms with Gasteiger partial charge in [0.05, 0.1) is 16.9 Å². The zero-order chi connectivity index (χ0) is 46.3. The second-order valence-corrected chi connectivity index (χ2v) is 27.8. The van der Waals surface area contributed by atoms with E-state index in [2.05, 4.69) is 203 Å². The third-order valence-electron chi connectivity index (χ3n) is 20.5. The summed E-state index contributed by atoms with van der Waals surface area (Å²) < 4.78 is 2.91. The van der Waals surface area contributed by atoms with Crippen LogP contribution in [0, 0.1) is 16.7 Å². The highest BCUT2D eigenvalue weighted by atomic mass is 32.1. The van der Waals surface area contributed by atoms with Gasteiger partial charge in [-0.25, -0.2) is 0 Å². The lowest BCUT2D eigenvalue weighted by atomic mass is 9.35. The standard InChI is InChI=1S/C62H71BN2S/c1-55(2,3)36-24-25-49-41(30-36)52-54(66-49)63-45-32-38(56(4,5)6)31-44-53(45)65(61(14)28-18-17-27-59(44,61)12)48-34-39(57(7,8)9)33-47(51(48)63)64(52)46-23-19-22-43-50(46)40-20-15-16-21-42(40)62(43)35-37-26-29-60(62,13)58(37,10)11/h15-16,19-25,30-34,37H,17-18,26-29,35H2,1-14H3. The van der Waals surface area contributed by atoms with Crippen molar-refractivity contribution >= 4 is 72.3 Å². The molecule has 0 radical (unpaired) electrons. The fourth-order valence-corrected chi connectivity index (χ4v) is 17.4. The van der Waals surface area contributed by atoms with Gasteiger partial charge in [0, 0.05) is 48.3 Å². The van der Waals surface area contributed by atoms with Gasteiger partial charge in [-0.05, 0) is 152 Å². The lowest BCUT2D eigenvalue weighted by molar-refractivity contribution is 0.0990. The molecule has 5 unspecified atom stereocenters. The van der Waals surface area contributed by atoms with Crippen molar-refractivity contribution in [2.75, 3.05) is 9.80 Å². The minimum absolute atomic E-state index is 0.0143. The summed E-state index contributed by atoms with van der Waals surface area (Å²) in [4.78, 5) is 5.82. The fraction of sp³-hybridized carbons (Fsp3) is 0.484. The Morgan fingerprint density at radius 1 is 0.621 bits per heavy atom. The Hall–Kier alpha value is -4.28. The Bertz CT molecular complexity index is 3150. The van der Waals surface area contributed by atoms with E-state index in [4.69, 9.17) is 0 Å². The van der Waals surface area contributed by atoms with Crippen molar-refractivity contribution in [2.24, 2.45) is 16.7 Å². The van der Waals surface area contributed by atoms with Gasteiger partial charge in [0.1, 0.15) is 0 Å². The molecule has 0 saturated heterocycles. The zero-order valence-corrected chi connectivity index (χ0v) is 43.3. The Morgan fingerprint density at radius 3 is 2.00 bits per heavy atom. The molecule has 0 N–H and O–H groups in total. The Balaban J connectivity index is 1.19. The molecule has 3 fully saturated rings. The van der Waals surface area contributed by atoms with Crippen LogP contribution in [0.3, 0.4) is 0 Å². The van der Waals surface area contributed by atoms with Gasteiger partial charge in [-0.15, -0.1) is 11.3 Å². The van der Waals surface area contributed by atoms with Gasteiger partial charge in [-0.1, -0.05) is 157 Å². The first kappa shape index (κ1) is 41.9. The van der Waals surface area contributed by atoms with Crippen molar-refractivity contribution in [2.45, 2.75) is 174 Å². The van der Waals surface area contributed by atoms with E-state index in [0.29, 0.717) is 0 Å². The Morgan fingerprint density at radius 2 is 1.30 bits per heavy atom. The fourth-order valence-electron chi connectivity index (χ4n) is 16.1. The maximum Gasteiger partial charge on any atom is 0.264 e. The highest BCUT2D eigenvalue weighted by Gasteiger charge is 2.72. The number of nitrogens with zero attached hydrogens (tertiary/aromatic N) is 2. The van der Waals surface area contributed by atoms with Gasteiger partial charge in [-0.3, -0.25) is 0 Å². The molecule has 1 aromatic heterocycles. The number of anilines is 5. The third kappa shape index (κ3) is 4.73. The first-order chi connectivity index (χ1) is 31.0. The van der Waals surface area contributed by atoms with Gasteiger partial charge in [0.15, 0.2) is 0 Å². The highest BCUT2D eigenvalue weighted by molar-refractivity contribution is 7.33. The van der Waals surface area contributed by atoms with Gasteiger partial charge < -0.3 is 9.80 Å². The van der Waals surface area contributed by atoms with Crippen LogP contribution in [0.25, 0.3) is 21.2 Å². The number of thiophene rings is 1. The van der Waals surface area contributed by atoms with Crippen molar-refractivity contribution in [3.05, 3.63) is 118 Å². The van der Waals surface area contributed by atoms with E-state index >= 15 is 0 Å². The van der Waals surface area contributed by atoms with Crippen molar-refractivity contribution in [3.63, 3.8) is 0 Å². The number of fused-ring (bicyclic) bond motifs is 17. The predicted octanol–water partition coefficient (Wildman–Crippen LogP) is 15.3. The Kier molecular flexibility index (Phi) is 7.92. The number of rotatable bonds is 1. The molecule has 4 heterocycles. The van der Waals surface area contributed by atoms with Crippen molar-refractivity contribution in [1.82, 2.24) is 0 Å². The highest BCUT2D eigenvalue weighted by Crippen LogP contribution is 2.78. The average Bonchev–Trinajstić information content (AvgIpc) is 3.95. The summed E-state index contributed by atoms with van der Waals surface area (Å²) in [5.74, 6) is 0.717. The molecule has 13 rings (SSSR count). The van der Waals surface area contributed by atoms with E-state index in [1.807, 2.05) is 0 Å². The van der Waals surface area contributed by atoms with Crippen LogP contribution in [0.1, 0.15) is 175 Å². The van der Waals surface area contributed by atoms with Crippen LogP contribution in [-0.4, -0.2) is 12.3 Å². The van der Waals surface area contributed by atoms with Crippen LogP contribution in [0.4, 0.5) is 28.4 Å². The van der Waals surface area contributed by atoms with E-state index < -0.39 is 0 Å². The van der Waals surface area contributed by atoms with Gasteiger partial charge >= 0.3 is 0 Å². The number of benzene rings is 5. The minimum Gasteiger partial charge on any atom is -0.335 e. The molecule has 5 atom stereocenters. The van der Waals surface area contributed by atoms with Crippen molar-refractivity contribution < 1.29 is 0 Å². The summed E-state index contributed by atoms with van der Waals surface area (Å²) in [6.07, 6.45) is 8.88.